The van der Waals surface area contributed by atoms with E-state index in [1.54, 1.807) is 0 Å². The molecule has 134 valence electrons. The van der Waals surface area contributed by atoms with Crippen molar-refractivity contribution in [2.75, 3.05) is 32.8 Å². The average molecular weight is 340 g/mol. The van der Waals surface area contributed by atoms with Crippen molar-refractivity contribution in [2.24, 2.45) is 11.1 Å². The first-order chi connectivity index (χ1) is 12.3. The smallest absolute Gasteiger partial charge is 0.145 e. The molecule has 1 spiro atoms. The molecule has 1 aromatic carbocycles. The lowest BCUT2D eigenvalue weighted by atomic mass is 9.78. The van der Waals surface area contributed by atoms with Gasteiger partial charge in [0.05, 0.1) is 12.3 Å². The number of rotatable bonds is 4. The van der Waals surface area contributed by atoms with Crippen molar-refractivity contribution in [3.8, 4) is 0 Å². The molecule has 1 atom stereocenters. The number of piperidine rings is 1. The van der Waals surface area contributed by atoms with Gasteiger partial charge in [-0.15, -0.1) is 0 Å². The molecule has 25 heavy (non-hydrogen) atoms. The van der Waals surface area contributed by atoms with Crippen LogP contribution in [0.15, 0.2) is 35.5 Å². The number of hydrogen-bond acceptors (Lipinski definition) is 4. The predicted molar refractivity (Wildman–Crippen MR) is 97.8 cm³/mol. The molecule has 1 saturated carbocycles. The van der Waals surface area contributed by atoms with E-state index in [0.717, 1.165) is 64.4 Å². The van der Waals surface area contributed by atoms with Gasteiger partial charge in [-0.3, -0.25) is 0 Å². The highest BCUT2D eigenvalue weighted by Crippen LogP contribution is 2.43. The molecule has 0 radical (unpaired) electrons. The molecule has 1 aliphatic carbocycles. The Bertz CT molecular complexity index is 639. The highest BCUT2D eigenvalue weighted by molar-refractivity contribution is 5.90. The summed E-state index contributed by atoms with van der Waals surface area (Å²) in [7, 11) is 0. The lowest BCUT2D eigenvalue weighted by Crippen LogP contribution is -2.49. The molecule has 3 aliphatic heterocycles. The molecule has 4 heteroatoms. The van der Waals surface area contributed by atoms with E-state index < -0.39 is 0 Å². The van der Waals surface area contributed by atoms with Crippen molar-refractivity contribution >= 4 is 5.71 Å². The van der Waals surface area contributed by atoms with Gasteiger partial charge in [0.15, 0.2) is 0 Å². The molecule has 0 aromatic heterocycles. The third-order valence-electron chi connectivity index (χ3n) is 6.69. The fraction of sp³-hybridized carbons (Fsp3) is 0.667. The van der Waals surface area contributed by atoms with Crippen molar-refractivity contribution in [2.45, 2.75) is 49.5 Å². The molecular formula is C21H28N2O2. The van der Waals surface area contributed by atoms with Gasteiger partial charge in [0, 0.05) is 56.8 Å². The van der Waals surface area contributed by atoms with Gasteiger partial charge in [0.2, 0.25) is 0 Å². The highest BCUT2D eigenvalue weighted by atomic mass is 16.7. The van der Waals surface area contributed by atoms with E-state index in [1.165, 1.54) is 24.1 Å². The van der Waals surface area contributed by atoms with Crippen LogP contribution in [0.3, 0.4) is 0 Å². The number of hydrogen-bond donors (Lipinski definition) is 0. The Morgan fingerprint density at radius 1 is 1.08 bits per heavy atom. The summed E-state index contributed by atoms with van der Waals surface area (Å²) < 4.78 is 5.83. The van der Waals surface area contributed by atoms with E-state index in [-0.39, 0.29) is 11.0 Å². The molecule has 0 N–H and O–H groups in total. The van der Waals surface area contributed by atoms with Crippen molar-refractivity contribution in [3.63, 3.8) is 0 Å². The summed E-state index contributed by atoms with van der Waals surface area (Å²) in [6, 6.07) is 11.0. The van der Waals surface area contributed by atoms with Crippen LogP contribution in [0.1, 0.15) is 44.1 Å². The zero-order valence-electron chi connectivity index (χ0n) is 15.0. The van der Waals surface area contributed by atoms with Gasteiger partial charge in [-0.05, 0) is 24.8 Å². The van der Waals surface area contributed by atoms with Crippen LogP contribution in [-0.2, 0) is 15.0 Å². The Kier molecular flexibility index (Phi) is 3.86. The van der Waals surface area contributed by atoms with Crippen LogP contribution in [0.5, 0.6) is 0 Å². The summed E-state index contributed by atoms with van der Waals surface area (Å²) in [5, 5.41) is 4.44. The van der Waals surface area contributed by atoms with Crippen LogP contribution in [0.2, 0.25) is 0 Å². The van der Waals surface area contributed by atoms with Crippen molar-refractivity contribution in [3.05, 3.63) is 35.9 Å². The van der Waals surface area contributed by atoms with E-state index in [2.05, 4.69) is 40.4 Å². The van der Waals surface area contributed by atoms with Gasteiger partial charge in [-0.1, -0.05) is 35.5 Å². The minimum atomic E-state index is 0.0144. The quantitative estimate of drug-likeness (QED) is 0.843. The Morgan fingerprint density at radius 2 is 1.88 bits per heavy atom. The van der Waals surface area contributed by atoms with Crippen molar-refractivity contribution in [1.29, 1.82) is 0 Å². The lowest BCUT2D eigenvalue weighted by molar-refractivity contribution is -0.0642. The van der Waals surface area contributed by atoms with Gasteiger partial charge in [0.25, 0.3) is 0 Å². The monoisotopic (exact) mass is 340 g/mol. The fourth-order valence-electron chi connectivity index (χ4n) is 4.84. The second kappa shape index (κ2) is 6.10. The van der Waals surface area contributed by atoms with Gasteiger partial charge in [-0.25, -0.2) is 0 Å². The first-order valence-corrected chi connectivity index (χ1v) is 9.88. The van der Waals surface area contributed by atoms with Crippen molar-refractivity contribution < 1.29 is 9.57 Å². The van der Waals surface area contributed by atoms with E-state index in [1.807, 2.05) is 0 Å². The van der Waals surface area contributed by atoms with Crippen LogP contribution in [0.4, 0.5) is 0 Å². The highest BCUT2D eigenvalue weighted by Gasteiger charge is 2.47. The van der Waals surface area contributed by atoms with Crippen LogP contribution in [0, 0.1) is 5.92 Å². The molecular weight excluding hydrogens is 312 g/mol. The molecule has 2 saturated heterocycles. The van der Waals surface area contributed by atoms with E-state index in [4.69, 9.17) is 9.57 Å². The van der Waals surface area contributed by atoms with Gasteiger partial charge in [0.1, 0.15) is 5.60 Å². The standard InChI is InChI=1S/C21H28N2O2/c1-2-4-18(5-3-1)20(10-13-24-16-20)15-23-11-8-21(9-12-23)14-19(22-25-21)17-6-7-17/h1-5,17H,6-16H2. The summed E-state index contributed by atoms with van der Waals surface area (Å²) in [5.74, 6) is 0.745. The minimum Gasteiger partial charge on any atom is -0.389 e. The fourth-order valence-corrected chi connectivity index (χ4v) is 4.84. The van der Waals surface area contributed by atoms with Crippen LogP contribution in [-0.4, -0.2) is 49.1 Å². The first kappa shape index (κ1) is 15.8. The van der Waals surface area contributed by atoms with Gasteiger partial charge >= 0.3 is 0 Å². The number of benzene rings is 1. The molecule has 1 unspecified atom stereocenters. The Morgan fingerprint density at radius 3 is 2.56 bits per heavy atom. The van der Waals surface area contributed by atoms with E-state index in [0.29, 0.717) is 0 Å². The Balaban J connectivity index is 1.24. The topological polar surface area (TPSA) is 34.1 Å². The number of likely N-dealkylation sites (tertiary alicyclic amines) is 1. The predicted octanol–water partition coefficient (Wildman–Crippen LogP) is 3.37. The number of nitrogens with zero attached hydrogens (tertiary/aromatic N) is 2. The molecule has 3 heterocycles. The SMILES string of the molecule is c1ccc(C2(CN3CCC4(CC3)CC(C3CC3)=NO4)CCOC2)cc1. The zero-order chi connectivity index (χ0) is 16.7. The van der Waals surface area contributed by atoms with Gasteiger partial charge < -0.3 is 14.5 Å². The maximum Gasteiger partial charge on any atom is 0.145 e. The van der Waals surface area contributed by atoms with Crippen LogP contribution < -0.4 is 0 Å². The maximum atomic E-state index is 5.96. The number of ether oxygens (including phenoxy) is 1. The average Bonchev–Trinajstić information content (AvgIpc) is 3.26. The molecule has 4 nitrogen and oxygen atoms in total. The molecule has 0 amide bonds. The van der Waals surface area contributed by atoms with E-state index >= 15 is 0 Å². The molecule has 0 bridgehead atoms. The normalized spacial score (nSPS) is 31.9. The third-order valence-corrected chi connectivity index (χ3v) is 6.69. The minimum absolute atomic E-state index is 0.0144. The van der Waals surface area contributed by atoms with Crippen molar-refractivity contribution in [1.82, 2.24) is 4.90 Å². The Labute approximate surface area is 150 Å². The third kappa shape index (κ3) is 3.00. The summed E-state index contributed by atoms with van der Waals surface area (Å²) in [5.41, 5.74) is 2.96. The molecule has 5 rings (SSSR count). The summed E-state index contributed by atoms with van der Waals surface area (Å²) in [6.45, 7) is 5.06. The largest absolute Gasteiger partial charge is 0.389 e. The maximum absolute atomic E-state index is 5.96. The summed E-state index contributed by atoms with van der Waals surface area (Å²) in [6.07, 6.45) is 7.08. The van der Waals surface area contributed by atoms with Crippen LogP contribution >= 0.6 is 0 Å². The second-order valence-electron chi connectivity index (χ2n) is 8.53. The molecule has 4 aliphatic rings. The summed E-state index contributed by atoms with van der Waals surface area (Å²) in [4.78, 5) is 8.59. The molecule has 1 aromatic rings. The first-order valence-electron chi connectivity index (χ1n) is 9.88. The zero-order valence-corrected chi connectivity index (χ0v) is 15.0. The lowest BCUT2D eigenvalue weighted by Gasteiger charge is -2.41. The second-order valence-corrected chi connectivity index (χ2v) is 8.53. The Hall–Kier alpha value is -1.39. The van der Waals surface area contributed by atoms with Crippen LogP contribution in [0.25, 0.3) is 0 Å². The van der Waals surface area contributed by atoms with Gasteiger partial charge in [-0.2, -0.15) is 0 Å². The molecule has 3 fully saturated rings. The number of oxime groups is 1. The summed E-state index contributed by atoms with van der Waals surface area (Å²) >= 11 is 0. The van der Waals surface area contributed by atoms with E-state index in [9.17, 15) is 0 Å².